The molecular formula is C14H22N2. The highest BCUT2D eigenvalue weighted by atomic mass is 15.2. The smallest absolute Gasteiger partial charge is 0.0399 e. The van der Waals surface area contributed by atoms with Gasteiger partial charge in [0.25, 0.3) is 0 Å². The average molecular weight is 218 g/mol. The highest BCUT2D eigenvalue weighted by Gasteiger charge is 2.21. The van der Waals surface area contributed by atoms with E-state index in [0.717, 1.165) is 13.1 Å². The van der Waals surface area contributed by atoms with E-state index in [2.05, 4.69) is 43.9 Å². The van der Waals surface area contributed by atoms with Crippen LogP contribution in [0.4, 0.5) is 5.69 Å². The molecule has 0 radical (unpaired) electrons. The van der Waals surface area contributed by atoms with Crippen LogP contribution in [0.2, 0.25) is 0 Å². The van der Waals surface area contributed by atoms with Gasteiger partial charge in [0.1, 0.15) is 0 Å². The van der Waals surface area contributed by atoms with Crippen molar-refractivity contribution in [1.29, 1.82) is 0 Å². The summed E-state index contributed by atoms with van der Waals surface area (Å²) >= 11 is 0. The zero-order valence-corrected chi connectivity index (χ0v) is 10.6. The highest BCUT2D eigenvalue weighted by molar-refractivity contribution is 5.57. The molecule has 1 aromatic carbocycles. The maximum absolute atomic E-state index is 6.11. The molecule has 0 saturated carbocycles. The lowest BCUT2D eigenvalue weighted by molar-refractivity contribution is 0.495. The first kappa shape index (κ1) is 11.5. The number of hydrogen-bond acceptors (Lipinski definition) is 2. The first-order valence-corrected chi connectivity index (χ1v) is 6.09. The van der Waals surface area contributed by atoms with Crippen LogP contribution in [0.3, 0.4) is 0 Å². The van der Waals surface area contributed by atoms with Crippen molar-refractivity contribution in [2.45, 2.75) is 39.2 Å². The SMILES string of the molecule is Cc1ccc2c(c1)CCCN2CC(C)(C)N. The minimum absolute atomic E-state index is 0.125. The molecule has 1 aliphatic rings. The van der Waals surface area contributed by atoms with Gasteiger partial charge < -0.3 is 10.6 Å². The molecule has 2 nitrogen and oxygen atoms in total. The average Bonchev–Trinajstić information content (AvgIpc) is 2.15. The fourth-order valence-electron chi connectivity index (χ4n) is 2.46. The van der Waals surface area contributed by atoms with Crippen molar-refractivity contribution in [3.8, 4) is 0 Å². The van der Waals surface area contributed by atoms with Crippen LogP contribution >= 0.6 is 0 Å². The topological polar surface area (TPSA) is 29.3 Å². The van der Waals surface area contributed by atoms with Gasteiger partial charge >= 0.3 is 0 Å². The maximum atomic E-state index is 6.11. The van der Waals surface area contributed by atoms with E-state index < -0.39 is 0 Å². The van der Waals surface area contributed by atoms with Crippen molar-refractivity contribution in [3.05, 3.63) is 29.3 Å². The maximum Gasteiger partial charge on any atom is 0.0399 e. The fraction of sp³-hybridized carbons (Fsp3) is 0.571. The molecule has 2 rings (SSSR count). The van der Waals surface area contributed by atoms with E-state index in [9.17, 15) is 0 Å². The Morgan fingerprint density at radius 3 is 2.81 bits per heavy atom. The number of rotatable bonds is 2. The second-order valence-electron chi connectivity index (χ2n) is 5.65. The van der Waals surface area contributed by atoms with Crippen LogP contribution in [0.1, 0.15) is 31.4 Å². The lowest BCUT2D eigenvalue weighted by Crippen LogP contribution is -2.47. The molecule has 0 amide bonds. The van der Waals surface area contributed by atoms with Gasteiger partial charge in [0.15, 0.2) is 0 Å². The van der Waals surface area contributed by atoms with Gasteiger partial charge in [-0.25, -0.2) is 0 Å². The van der Waals surface area contributed by atoms with Crippen molar-refractivity contribution in [2.24, 2.45) is 5.73 Å². The Labute approximate surface area is 98.4 Å². The summed E-state index contributed by atoms with van der Waals surface area (Å²) in [6.45, 7) is 8.41. The summed E-state index contributed by atoms with van der Waals surface area (Å²) in [5.74, 6) is 0. The third-order valence-electron chi connectivity index (χ3n) is 3.05. The number of anilines is 1. The van der Waals surface area contributed by atoms with Gasteiger partial charge in [0, 0.05) is 24.3 Å². The summed E-state index contributed by atoms with van der Waals surface area (Å²) in [6, 6.07) is 6.75. The van der Waals surface area contributed by atoms with Gasteiger partial charge in [-0.2, -0.15) is 0 Å². The number of hydrogen-bond donors (Lipinski definition) is 1. The van der Waals surface area contributed by atoms with E-state index in [0.29, 0.717) is 0 Å². The van der Waals surface area contributed by atoms with Crippen LogP contribution in [0.25, 0.3) is 0 Å². The summed E-state index contributed by atoms with van der Waals surface area (Å²) < 4.78 is 0. The van der Waals surface area contributed by atoms with Gasteiger partial charge in [0.2, 0.25) is 0 Å². The normalized spacial score (nSPS) is 16.1. The molecule has 0 bridgehead atoms. The van der Waals surface area contributed by atoms with Crippen LogP contribution in [0.15, 0.2) is 18.2 Å². The van der Waals surface area contributed by atoms with E-state index in [1.54, 1.807) is 0 Å². The van der Waals surface area contributed by atoms with Gasteiger partial charge in [0.05, 0.1) is 0 Å². The number of benzene rings is 1. The Morgan fingerprint density at radius 2 is 2.12 bits per heavy atom. The molecule has 88 valence electrons. The molecule has 0 unspecified atom stereocenters. The van der Waals surface area contributed by atoms with E-state index in [-0.39, 0.29) is 5.54 Å². The van der Waals surface area contributed by atoms with E-state index >= 15 is 0 Å². The largest absolute Gasteiger partial charge is 0.369 e. The Morgan fingerprint density at radius 1 is 1.38 bits per heavy atom. The molecule has 2 N–H and O–H groups in total. The minimum atomic E-state index is -0.125. The predicted octanol–water partition coefficient (Wildman–Crippen LogP) is 2.48. The van der Waals surface area contributed by atoms with Gasteiger partial charge in [-0.05, 0) is 45.2 Å². The monoisotopic (exact) mass is 218 g/mol. The Kier molecular flexibility index (Phi) is 2.94. The summed E-state index contributed by atoms with van der Waals surface area (Å²) in [5.41, 5.74) is 10.2. The molecule has 2 heteroatoms. The first-order valence-electron chi connectivity index (χ1n) is 6.09. The Hall–Kier alpha value is -1.02. The van der Waals surface area contributed by atoms with E-state index in [4.69, 9.17) is 5.73 Å². The van der Waals surface area contributed by atoms with Crippen molar-refractivity contribution in [1.82, 2.24) is 0 Å². The Bertz CT molecular complexity index is 377. The molecule has 0 fully saturated rings. The fourth-order valence-corrected chi connectivity index (χ4v) is 2.46. The second kappa shape index (κ2) is 4.10. The van der Waals surface area contributed by atoms with Crippen molar-refractivity contribution >= 4 is 5.69 Å². The minimum Gasteiger partial charge on any atom is -0.369 e. The van der Waals surface area contributed by atoms with Crippen molar-refractivity contribution < 1.29 is 0 Å². The van der Waals surface area contributed by atoms with E-state index in [1.165, 1.54) is 29.7 Å². The van der Waals surface area contributed by atoms with Crippen LogP contribution < -0.4 is 10.6 Å². The Balaban J connectivity index is 2.26. The molecule has 1 heterocycles. The molecule has 1 aliphatic heterocycles. The summed E-state index contributed by atoms with van der Waals surface area (Å²) in [6.07, 6.45) is 2.45. The van der Waals surface area contributed by atoms with Crippen molar-refractivity contribution in [3.63, 3.8) is 0 Å². The molecule has 16 heavy (non-hydrogen) atoms. The number of nitrogens with two attached hydrogens (primary N) is 1. The lowest BCUT2D eigenvalue weighted by atomic mass is 9.97. The lowest BCUT2D eigenvalue weighted by Gasteiger charge is -2.36. The number of aryl methyl sites for hydroxylation is 2. The quantitative estimate of drug-likeness (QED) is 0.826. The third kappa shape index (κ3) is 2.56. The zero-order chi connectivity index (χ0) is 11.8. The molecule has 0 spiro atoms. The van der Waals surface area contributed by atoms with Gasteiger partial charge in [-0.3, -0.25) is 0 Å². The second-order valence-corrected chi connectivity index (χ2v) is 5.65. The van der Waals surface area contributed by atoms with Gasteiger partial charge in [-0.1, -0.05) is 17.7 Å². The molecular weight excluding hydrogens is 196 g/mol. The summed E-state index contributed by atoms with van der Waals surface area (Å²) in [5, 5.41) is 0. The molecule has 1 aromatic rings. The van der Waals surface area contributed by atoms with Crippen LogP contribution in [0.5, 0.6) is 0 Å². The molecule has 0 aliphatic carbocycles. The summed E-state index contributed by atoms with van der Waals surface area (Å²) in [4.78, 5) is 2.43. The van der Waals surface area contributed by atoms with Crippen LogP contribution in [-0.4, -0.2) is 18.6 Å². The van der Waals surface area contributed by atoms with E-state index in [1.807, 2.05) is 0 Å². The molecule has 0 atom stereocenters. The number of nitrogens with zero attached hydrogens (tertiary/aromatic N) is 1. The first-order chi connectivity index (χ1) is 7.46. The zero-order valence-electron chi connectivity index (χ0n) is 10.6. The predicted molar refractivity (Wildman–Crippen MR) is 70.0 cm³/mol. The van der Waals surface area contributed by atoms with Crippen LogP contribution in [-0.2, 0) is 6.42 Å². The standard InChI is InChI=1S/C14H22N2/c1-11-6-7-13-12(9-11)5-4-8-16(13)10-14(2,3)15/h6-7,9H,4-5,8,10,15H2,1-3H3. The molecule has 0 aromatic heterocycles. The van der Waals surface area contributed by atoms with Crippen molar-refractivity contribution in [2.75, 3.05) is 18.0 Å². The van der Waals surface area contributed by atoms with Crippen LogP contribution in [0, 0.1) is 6.92 Å². The molecule has 0 saturated heterocycles. The highest BCUT2D eigenvalue weighted by Crippen LogP contribution is 2.28. The number of fused-ring (bicyclic) bond motifs is 1. The summed E-state index contributed by atoms with van der Waals surface area (Å²) in [7, 11) is 0. The van der Waals surface area contributed by atoms with Gasteiger partial charge in [-0.15, -0.1) is 0 Å². The third-order valence-corrected chi connectivity index (χ3v) is 3.05.